The predicted octanol–water partition coefficient (Wildman–Crippen LogP) is 3.20. The molecule has 0 saturated heterocycles. The molecular weight excluding hydrogens is 196 g/mol. The van der Waals surface area contributed by atoms with Gasteiger partial charge in [-0.25, -0.2) is 4.98 Å². The fourth-order valence-electron chi connectivity index (χ4n) is 2.16. The van der Waals surface area contributed by atoms with Crippen LogP contribution in [0.5, 0.6) is 0 Å². The Morgan fingerprint density at radius 1 is 1.57 bits per heavy atom. The highest BCUT2D eigenvalue weighted by molar-refractivity contribution is 6.16. The van der Waals surface area contributed by atoms with Gasteiger partial charge in [0.1, 0.15) is 0 Å². The van der Waals surface area contributed by atoms with Gasteiger partial charge in [-0.15, -0.1) is 11.6 Å². The third-order valence-electron chi connectivity index (χ3n) is 3.18. The minimum atomic E-state index is 0.572. The second-order valence-electron chi connectivity index (χ2n) is 4.40. The number of halogens is 1. The smallest absolute Gasteiger partial charge is 0.0948 e. The highest BCUT2D eigenvalue weighted by atomic mass is 35.5. The topological polar surface area (TPSA) is 17.8 Å². The van der Waals surface area contributed by atoms with Gasteiger partial charge in [0.05, 0.1) is 17.9 Å². The van der Waals surface area contributed by atoms with Gasteiger partial charge in [-0.2, -0.15) is 0 Å². The molecule has 0 aromatic carbocycles. The Bertz CT molecular complexity index is 302. The van der Waals surface area contributed by atoms with E-state index in [9.17, 15) is 0 Å². The molecule has 0 radical (unpaired) electrons. The fourth-order valence-corrected chi connectivity index (χ4v) is 2.38. The van der Waals surface area contributed by atoms with Crippen molar-refractivity contribution < 1.29 is 0 Å². The largest absolute Gasteiger partial charge is 0.333 e. The molecule has 0 bridgehead atoms. The Morgan fingerprint density at radius 2 is 2.36 bits per heavy atom. The van der Waals surface area contributed by atoms with Gasteiger partial charge in [-0.05, 0) is 24.7 Å². The van der Waals surface area contributed by atoms with Crippen LogP contribution >= 0.6 is 11.6 Å². The van der Waals surface area contributed by atoms with Crippen LogP contribution in [-0.4, -0.2) is 9.55 Å². The molecule has 2 nitrogen and oxygen atoms in total. The summed E-state index contributed by atoms with van der Waals surface area (Å²) in [5, 5.41) is 0. The predicted molar refractivity (Wildman–Crippen MR) is 58.4 cm³/mol. The molecule has 1 aliphatic rings. The number of nitrogens with zero attached hydrogens (tertiary/aromatic N) is 2. The van der Waals surface area contributed by atoms with Crippen molar-refractivity contribution in [3.8, 4) is 0 Å². The van der Waals surface area contributed by atoms with E-state index in [4.69, 9.17) is 11.6 Å². The lowest BCUT2D eigenvalue weighted by molar-refractivity contribution is 0.384. The van der Waals surface area contributed by atoms with E-state index in [0.29, 0.717) is 11.3 Å². The maximum absolute atomic E-state index is 5.84. The van der Waals surface area contributed by atoms with Gasteiger partial charge in [0.25, 0.3) is 0 Å². The fraction of sp³-hybridized carbons (Fsp3) is 0.727. The molecule has 0 aliphatic heterocycles. The van der Waals surface area contributed by atoms with Gasteiger partial charge < -0.3 is 4.57 Å². The zero-order valence-corrected chi connectivity index (χ0v) is 9.43. The van der Waals surface area contributed by atoms with E-state index in [0.717, 1.165) is 12.2 Å². The molecule has 0 N–H and O–H groups in total. The molecular formula is C11H17ClN2. The van der Waals surface area contributed by atoms with Crippen molar-refractivity contribution in [2.75, 3.05) is 0 Å². The molecule has 2 rings (SSSR count). The van der Waals surface area contributed by atoms with E-state index in [1.165, 1.54) is 25.7 Å². The van der Waals surface area contributed by atoms with E-state index in [2.05, 4.69) is 16.5 Å². The second kappa shape index (κ2) is 3.93. The zero-order chi connectivity index (χ0) is 10.0. The van der Waals surface area contributed by atoms with Crippen LogP contribution in [0.15, 0.2) is 12.5 Å². The maximum Gasteiger partial charge on any atom is 0.0948 e. The number of hydrogen-bond donors (Lipinski definition) is 0. The van der Waals surface area contributed by atoms with Crippen molar-refractivity contribution >= 4 is 11.6 Å². The molecule has 0 unspecified atom stereocenters. The lowest BCUT2D eigenvalue weighted by Crippen LogP contribution is -2.12. The summed E-state index contributed by atoms with van der Waals surface area (Å²) in [7, 11) is 0. The maximum atomic E-state index is 5.84. The van der Waals surface area contributed by atoms with Crippen LogP contribution in [0, 0.1) is 5.41 Å². The summed E-state index contributed by atoms with van der Waals surface area (Å²) in [5.74, 6) is 0.572. The number of hydrogen-bond acceptors (Lipinski definition) is 1. The summed E-state index contributed by atoms with van der Waals surface area (Å²) >= 11 is 5.84. The van der Waals surface area contributed by atoms with Crippen molar-refractivity contribution in [2.24, 2.45) is 5.41 Å². The van der Waals surface area contributed by atoms with Crippen LogP contribution < -0.4 is 0 Å². The molecule has 1 heterocycles. The van der Waals surface area contributed by atoms with Crippen LogP contribution in [0.2, 0.25) is 0 Å². The lowest BCUT2D eigenvalue weighted by atomic mass is 10.0. The molecule has 1 aromatic heterocycles. The third kappa shape index (κ3) is 1.95. The van der Waals surface area contributed by atoms with Gasteiger partial charge in [0.15, 0.2) is 0 Å². The second-order valence-corrected chi connectivity index (χ2v) is 4.66. The van der Waals surface area contributed by atoms with Crippen molar-refractivity contribution in [2.45, 2.75) is 45.0 Å². The van der Waals surface area contributed by atoms with Crippen LogP contribution in [0.3, 0.4) is 0 Å². The third-order valence-corrected chi connectivity index (χ3v) is 3.45. The Kier molecular flexibility index (Phi) is 2.82. The minimum absolute atomic E-state index is 0.572. The molecule has 1 aromatic rings. The van der Waals surface area contributed by atoms with Crippen LogP contribution in [0.1, 0.15) is 38.3 Å². The van der Waals surface area contributed by atoms with Crippen molar-refractivity contribution in [3.05, 3.63) is 18.2 Å². The molecule has 1 fully saturated rings. The summed E-state index contributed by atoms with van der Waals surface area (Å²) in [6, 6.07) is 0. The molecule has 14 heavy (non-hydrogen) atoms. The number of alkyl halides is 1. The van der Waals surface area contributed by atoms with E-state index >= 15 is 0 Å². The summed E-state index contributed by atoms with van der Waals surface area (Å²) < 4.78 is 2.22. The monoisotopic (exact) mass is 212 g/mol. The van der Waals surface area contributed by atoms with Crippen LogP contribution in [-0.2, 0) is 12.4 Å². The van der Waals surface area contributed by atoms with Gasteiger partial charge in [0, 0.05) is 12.7 Å². The Morgan fingerprint density at radius 3 is 2.93 bits per heavy atom. The number of imidazole rings is 1. The quantitative estimate of drug-likeness (QED) is 0.686. The van der Waals surface area contributed by atoms with Gasteiger partial charge in [-0.1, -0.05) is 13.3 Å². The van der Waals surface area contributed by atoms with E-state index in [1.807, 2.05) is 12.5 Å². The van der Waals surface area contributed by atoms with Crippen molar-refractivity contribution in [1.29, 1.82) is 0 Å². The minimum Gasteiger partial charge on any atom is -0.333 e. The van der Waals surface area contributed by atoms with Crippen LogP contribution in [0.4, 0.5) is 0 Å². The molecule has 1 saturated carbocycles. The summed E-state index contributed by atoms with van der Waals surface area (Å²) in [4.78, 5) is 4.14. The van der Waals surface area contributed by atoms with Gasteiger partial charge in [-0.3, -0.25) is 0 Å². The first kappa shape index (κ1) is 10.0. The van der Waals surface area contributed by atoms with Crippen LogP contribution in [0.25, 0.3) is 0 Å². The lowest BCUT2D eigenvalue weighted by Gasteiger charge is -2.16. The number of rotatable bonds is 5. The summed E-state index contributed by atoms with van der Waals surface area (Å²) in [5.41, 5.74) is 1.73. The van der Waals surface area contributed by atoms with E-state index in [-0.39, 0.29) is 0 Å². The first-order valence-electron chi connectivity index (χ1n) is 5.35. The first-order valence-corrected chi connectivity index (χ1v) is 5.88. The van der Waals surface area contributed by atoms with E-state index in [1.54, 1.807) is 0 Å². The first-order chi connectivity index (χ1) is 6.79. The Labute approximate surface area is 90.3 Å². The normalized spacial score (nSPS) is 18.4. The van der Waals surface area contributed by atoms with Gasteiger partial charge >= 0.3 is 0 Å². The highest BCUT2D eigenvalue weighted by Gasteiger charge is 2.41. The summed E-state index contributed by atoms with van der Waals surface area (Å²) in [6.45, 7) is 3.37. The highest BCUT2D eigenvalue weighted by Crippen LogP contribution is 2.51. The molecule has 0 amide bonds. The standard InChI is InChI=1S/C11H17ClN2/c1-2-3-11(4-5-11)8-14-9-13-7-10(14)6-12/h7,9H,2-6,8H2,1H3. The van der Waals surface area contributed by atoms with Crippen molar-refractivity contribution in [1.82, 2.24) is 9.55 Å². The average Bonchev–Trinajstić information content (AvgIpc) is 2.79. The van der Waals surface area contributed by atoms with Crippen molar-refractivity contribution in [3.63, 3.8) is 0 Å². The zero-order valence-electron chi connectivity index (χ0n) is 8.67. The van der Waals surface area contributed by atoms with E-state index < -0.39 is 0 Å². The molecule has 78 valence electrons. The average molecular weight is 213 g/mol. The van der Waals surface area contributed by atoms with Gasteiger partial charge in [0.2, 0.25) is 0 Å². The number of aromatic nitrogens is 2. The summed E-state index contributed by atoms with van der Waals surface area (Å²) in [6.07, 6.45) is 9.15. The molecule has 0 spiro atoms. The Hall–Kier alpha value is -0.500. The SMILES string of the molecule is CCCC1(Cn2cncc2CCl)CC1. The Balaban J connectivity index is 2.03. The molecule has 1 aliphatic carbocycles. The molecule has 3 heteroatoms. The molecule has 0 atom stereocenters.